The Morgan fingerprint density at radius 2 is 2.31 bits per heavy atom. The fraction of sp³-hybridized carbons (Fsp3) is 0.889. The Balaban J connectivity index is 2.44. The lowest BCUT2D eigenvalue weighted by Gasteiger charge is -2.33. The lowest BCUT2D eigenvalue weighted by atomic mass is 10.3. The van der Waals surface area contributed by atoms with Crippen LogP contribution in [0.5, 0.6) is 0 Å². The molecule has 0 aromatic heterocycles. The van der Waals surface area contributed by atoms with Gasteiger partial charge in [-0.25, -0.2) is 4.79 Å². The first kappa shape index (κ1) is 10.7. The summed E-state index contributed by atoms with van der Waals surface area (Å²) in [6, 6.07) is 0.689. The van der Waals surface area contributed by atoms with Gasteiger partial charge in [0.15, 0.2) is 0 Å². The zero-order chi connectivity index (χ0) is 9.84. The zero-order valence-corrected chi connectivity index (χ0v) is 9.36. The van der Waals surface area contributed by atoms with Gasteiger partial charge in [0.25, 0.3) is 0 Å². The molecule has 1 fully saturated rings. The molecule has 0 aromatic rings. The van der Waals surface area contributed by atoms with Crippen molar-refractivity contribution in [3.63, 3.8) is 0 Å². The summed E-state index contributed by atoms with van der Waals surface area (Å²) in [5, 5.41) is 2.92. The van der Waals surface area contributed by atoms with Crippen LogP contribution < -0.4 is 5.32 Å². The highest BCUT2D eigenvalue weighted by Crippen LogP contribution is 2.15. The molecule has 1 unspecified atom stereocenters. The number of carbonyl (C=O) groups is 1. The minimum absolute atomic E-state index is 0.0859. The van der Waals surface area contributed by atoms with Crippen LogP contribution in [0.4, 0.5) is 4.79 Å². The van der Waals surface area contributed by atoms with E-state index in [4.69, 9.17) is 0 Å². The number of carbonyl (C=O) groups excluding carboxylic acids is 1. The van der Waals surface area contributed by atoms with E-state index in [9.17, 15) is 4.79 Å². The highest BCUT2D eigenvalue weighted by molar-refractivity contribution is 7.99. The van der Waals surface area contributed by atoms with E-state index in [1.807, 2.05) is 30.5 Å². The Labute approximate surface area is 84.2 Å². The lowest BCUT2D eigenvalue weighted by molar-refractivity contribution is 0.184. The Morgan fingerprint density at radius 1 is 1.62 bits per heavy atom. The summed E-state index contributed by atoms with van der Waals surface area (Å²) >= 11 is 1.92. The average molecular weight is 202 g/mol. The summed E-state index contributed by atoms with van der Waals surface area (Å²) < 4.78 is 0. The molecule has 1 saturated heterocycles. The van der Waals surface area contributed by atoms with Crippen molar-refractivity contribution in [2.75, 3.05) is 18.1 Å². The number of rotatable bonds is 1. The fourth-order valence-corrected chi connectivity index (χ4v) is 2.37. The van der Waals surface area contributed by atoms with E-state index in [2.05, 4.69) is 12.2 Å². The van der Waals surface area contributed by atoms with Crippen LogP contribution in [0.2, 0.25) is 0 Å². The molecule has 0 saturated carbocycles. The molecule has 0 bridgehead atoms. The molecule has 2 amide bonds. The minimum atomic E-state index is 0.0859. The van der Waals surface area contributed by atoms with Crippen molar-refractivity contribution >= 4 is 17.8 Å². The van der Waals surface area contributed by atoms with Gasteiger partial charge in [0.05, 0.1) is 0 Å². The van der Waals surface area contributed by atoms with Crippen molar-refractivity contribution in [1.82, 2.24) is 10.2 Å². The molecule has 1 aliphatic rings. The van der Waals surface area contributed by atoms with Gasteiger partial charge in [0, 0.05) is 30.1 Å². The summed E-state index contributed by atoms with van der Waals surface area (Å²) in [4.78, 5) is 13.6. The highest BCUT2D eigenvalue weighted by Gasteiger charge is 2.23. The number of urea groups is 1. The fourth-order valence-electron chi connectivity index (χ4n) is 1.36. The van der Waals surface area contributed by atoms with Crippen molar-refractivity contribution in [2.45, 2.75) is 32.9 Å². The molecule has 76 valence electrons. The van der Waals surface area contributed by atoms with Crippen LogP contribution in [0.15, 0.2) is 0 Å². The van der Waals surface area contributed by atoms with Crippen LogP contribution in [-0.2, 0) is 0 Å². The van der Waals surface area contributed by atoms with Crippen molar-refractivity contribution in [1.29, 1.82) is 0 Å². The summed E-state index contributed by atoms with van der Waals surface area (Å²) in [5.74, 6) is 2.13. The second-order valence-electron chi connectivity index (χ2n) is 3.72. The normalized spacial score (nSPS) is 23.4. The van der Waals surface area contributed by atoms with Crippen molar-refractivity contribution < 1.29 is 4.79 Å². The van der Waals surface area contributed by atoms with Crippen LogP contribution in [0.1, 0.15) is 20.8 Å². The van der Waals surface area contributed by atoms with Gasteiger partial charge in [-0.15, -0.1) is 0 Å². The largest absolute Gasteiger partial charge is 0.336 e. The average Bonchev–Trinajstić information content (AvgIpc) is 2.03. The van der Waals surface area contributed by atoms with E-state index in [0.717, 1.165) is 18.1 Å². The summed E-state index contributed by atoms with van der Waals surface area (Å²) in [5.41, 5.74) is 0. The molecule has 0 aromatic carbocycles. The zero-order valence-electron chi connectivity index (χ0n) is 8.54. The molecular weight excluding hydrogens is 184 g/mol. The van der Waals surface area contributed by atoms with E-state index >= 15 is 0 Å². The molecule has 1 aliphatic heterocycles. The second kappa shape index (κ2) is 4.74. The number of hydrogen-bond acceptors (Lipinski definition) is 2. The van der Waals surface area contributed by atoms with Gasteiger partial charge in [-0.05, 0) is 20.8 Å². The van der Waals surface area contributed by atoms with E-state index in [0.29, 0.717) is 6.04 Å². The summed E-state index contributed by atoms with van der Waals surface area (Å²) in [6.45, 7) is 6.96. The molecule has 0 aliphatic carbocycles. The first-order valence-corrected chi connectivity index (χ1v) is 5.91. The smallest absolute Gasteiger partial charge is 0.317 e. The van der Waals surface area contributed by atoms with Crippen molar-refractivity contribution in [3.05, 3.63) is 0 Å². The highest BCUT2D eigenvalue weighted by atomic mass is 32.2. The first-order chi connectivity index (χ1) is 6.11. The number of hydrogen-bond donors (Lipinski definition) is 1. The molecule has 0 radical (unpaired) electrons. The van der Waals surface area contributed by atoms with Crippen molar-refractivity contribution in [3.8, 4) is 0 Å². The third-order valence-electron chi connectivity index (χ3n) is 2.04. The minimum Gasteiger partial charge on any atom is -0.336 e. The van der Waals surface area contributed by atoms with E-state index in [-0.39, 0.29) is 12.1 Å². The molecule has 3 nitrogen and oxygen atoms in total. The van der Waals surface area contributed by atoms with Crippen LogP contribution >= 0.6 is 11.8 Å². The first-order valence-electron chi connectivity index (χ1n) is 4.76. The van der Waals surface area contributed by atoms with Crippen LogP contribution in [0.3, 0.4) is 0 Å². The maximum Gasteiger partial charge on any atom is 0.317 e. The number of amides is 2. The number of thioether (sulfide) groups is 1. The van der Waals surface area contributed by atoms with Crippen LogP contribution in [0.25, 0.3) is 0 Å². The third-order valence-corrected chi connectivity index (χ3v) is 3.23. The Kier molecular flexibility index (Phi) is 3.90. The number of nitrogens with one attached hydrogen (secondary N) is 1. The van der Waals surface area contributed by atoms with Crippen molar-refractivity contribution in [2.24, 2.45) is 0 Å². The summed E-state index contributed by atoms with van der Waals surface area (Å²) in [7, 11) is 0. The van der Waals surface area contributed by atoms with E-state index in [1.165, 1.54) is 0 Å². The van der Waals surface area contributed by atoms with E-state index in [1.54, 1.807) is 0 Å². The van der Waals surface area contributed by atoms with Crippen LogP contribution in [0, 0.1) is 0 Å². The SMILES string of the molecule is CC(C)NC(=O)N1CCSCC1C. The number of nitrogens with zero attached hydrogens (tertiary/aromatic N) is 1. The summed E-state index contributed by atoms with van der Waals surface area (Å²) in [6.07, 6.45) is 0. The van der Waals surface area contributed by atoms with Gasteiger partial charge in [-0.2, -0.15) is 11.8 Å². The van der Waals surface area contributed by atoms with Gasteiger partial charge in [0.2, 0.25) is 0 Å². The quantitative estimate of drug-likeness (QED) is 0.699. The maximum absolute atomic E-state index is 11.6. The monoisotopic (exact) mass is 202 g/mol. The molecule has 1 rings (SSSR count). The third kappa shape index (κ3) is 3.10. The molecule has 1 N–H and O–H groups in total. The van der Waals surface area contributed by atoms with Gasteiger partial charge < -0.3 is 10.2 Å². The maximum atomic E-state index is 11.6. The molecule has 4 heteroatoms. The van der Waals surface area contributed by atoms with Gasteiger partial charge in [-0.1, -0.05) is 0 Å². The van der Waals surface area contributed by atoms with Gasteiger partial charge in [0.1, 0.15) is 0 Å². The molecule has 0 spiro atoms. The second-order valence-corrected chi connectivity index (χ2v) is 4.87. The Morgan fingerprint density at radius 3 is 2.85 bits per heavy atom. The van der Waals surface area contributed by atoms with Gasteiger partial charge >= 0.3 is 6.03 Å². The molecule has 13 heavy (non-hydrogen) atoms. The van der Waals surface area contributed by atoms with Crippen LogP contribution in [-0.4, -0.2) is 41.1 Å². The molecule has 1 heterocycles. The predicted octanol–water partition coefficient (Wildman–Crippen LogP) is 1.54. The van der Waals surface area contributed by atoms with Gasteiger partial charge in [-0.3, -0.25) is 0 Å². The lowest BCUT2D eigenvalue weighted by Crippen LogP contribution is -2.50. The Hall–Kier alpha value is -0.380. The molecule has 1 atom stereocenters. The molecular formula is C9H18N2OS. The standard InChI is InChI=1S/C9H18N2OS/c1-7(2)10-9(12)11-4-5-13-6-8(11)3/h7-8H,4-6H2,1-3H3,(H,10,12). The Bertz CT molecular complexity index is 184. The van der Waals surface area contributed by atoms with E-state index < -0.39 is 0 Å². The topological polar surface area (TPSA) is 32.3 Å². The predicted molar refractivity (Wildman–Crippen MR) is 57.2 cm³/mol.